The third-order valence-electron chi connectivity index (χ3n) is 8.31. The summed E-state index contributed by atoms with van der Waals surface area (Å²) in [7, 11) is 0. The number of rotatable bonds is 7. The summed E-state index contributed by atoms with van der Waals surface area (Å²) in [4.78, 5) is 39.8. The molecular formula is C28H33ClN2O6. The van der Waals surface area contributed by atoms with Gasteiger partial charge in [-0.3, -0.25) is 9.59 Å². The van der Waals surface area contributed by atoms with Gasteiger partial charge in [-0.15, -0.1) is 0 Å². The van der Waals surface area contributed by atoms with Crippen molar-refractivity contribution in [3.05, 3.63) is 64.7 Å². The van der Waals surface area contributed by atoms with E-state index in [9.17, 15) is 24.6 Å². The zero-order chi connectivity index (χ0) is 27.2. The van der Waals surface area contributed by atoms with Crippen molar-refractivity contribution in [3.8, 4) is 5.75 Å². The Labute approximate surface area is 221 Å². The molecule has 2 aliphatic rings. The number of carbonyl (C=O) groups is 3. The number of aliphatic hydroxyl groups is 1. The van der Waals surface area contributed by atoms with Gasteiger partial charge >= 0.3 is 5.97 Å². The standard InChI is InChI=1S/C28H33ClN2O6/c1-17-18(2)28(17,30-23(32)15-37-22-8-6-5-7-21(22)24(33)34)25(35)31-14-13-27(36,26(3,4)16-31)19-9-11-20(29)12-10-19/h5-12,17-18,36H,13-16H2,1-4H3,(H,30,32)(H,33,34)/t17?,18?,27-,28?/m0/s1. The van der Waals surface area contributed by atoms with E-state index < -0.39 is 35.0 Å². The molecule has 9 heteroatoms. The predicted octanol–water partition coefficient (Wildman–Crippen LogP) is 3.70. The molecule has 0 radical (unpaired) electrons. The monoisotopic (exact) mass is 528 g/mol. The van der Waals surface area contributed by atoms with Gasteiger partial charge in [0.15, 0.2) is 6.61 Å². The van der Waals surface area contributed by atoms with Crippen molar-refractivity contribution in [2.45, 2.75) is 45.3 Å². The van der Waals surface area contributed by atoms with E-state index >= 15 is 0 Å². The van der Waals surface area contributed by atoms with Gasteiger partial charge in [0.25, 0.3) is 5.91 Å². The Balaban J connectivity index is 1.46. The maximum absolute atomic E-state index is 13.8. The molecule has 4 rings (SSSR count). The molecule has 2 amide bonds. The van der Waals surface area contributed by atoms with Gasteiger partial charge in [0.1, 0.15) is 16.9 Å². The summed E-state index contributed by atoms with van der Waals surface area (Å²) in [6.07, 6.45) is 0.343. The molecule has 2 aromatic carbocycles. The number of nitrogens with zero attached hydrogens (tertiary/aromatic N) is 1. The second-order valence-corrected chi connectivity index (χ2v) is 11.2. The number of hydrogen-bond acceptors (Lipinski definition) is 5. The highest BCUT2D eigenvalue weighted by molar-refractivity contribution is 6.30. The maximum Gasteiger partial charge on any atom is 0.339 e. The molecule has 3 atom stereocenters. The smallest absolute Gasteiger partial charge is 0.339 e. The van der Waals surface area contributed by atoms with Crippen molar-refractivity contribution in [3.63, 3.8) is 0 Å². The maximum atomic E-state index is 13.8. The van der Waals surface area contributed by atoms with E-state index in [-0.39, 0.29) is 29.1 Å². The molecule has 2 unspecified atom stereocenters. The number of halogens is 1. The van der Waals surface area contributed by atoms with Crippen molar-refractivity contribution in [1.82, 2.24) is 10.2 Å². The van der Waals surface area contributed by atoms with Crippen LogP contribution in [0.15, 0.2) is 48.5 Å². The first-order valence-electron chi connectivity index (χ1n) is 12.4. The third-order valence-corrected chi connectivity index (χ3v) is 8.56. The highest BCUT2D eigenvalue weighted by atomic mass is 35.5. The predicted molar refractivity (Wildman–Crippen MR) is 138 cm³/mol. The number of ether oxygens (including phenoxy) is 1. The molecule has 1 aliphatic carbocycles. The van der Waals surface area contributed by atoms with Crippen LogP contribution in [0.5, 0.6) is 5.75 Å². The minimum Gasteiger partial charge on any atom is -0.483 e. The van der Waals surface area contributed by atoms with Crippen molar-refractivity contribution in [1.29, 1.82) is 0 Å². The molecule has 3 N–H and O–H groups in total. The van der Waals surface area contributed by atoms with Gasteiger partial charge < -0.3 is 25.2 Å². The zero-order valence-electron chi connectivity index (χ0n) is 21.5. The van der Waals surface area contributed by atoms with Crippen LogP contribution >= 0.6 is 11.6 Å². The van der Waals surface area contributed by atoms with Crippen LogP contribution < -0.4 is 10.1 Å². The van der Waals surface area contributed by atoms with Gasteiger partial charge in [-0.05, 0) is 48.1 Å². The molecule has 198 valence electrons. The lowest BCUT2D eigenvalue weighted by Gasteiger charge is -2.51. The van der Waals surface area contributed by atoms with Crippen LogP contribution in [0.3, 0.4) is 0 Å². The Morgan fingerprint density at radius 3 is 2.27 bits per heavy atom. The van der Waals surface area contributed by atoms with Gasteiger partial charge in [-0.25, -0.2) is 4.79 Å². The van der Waals surface area contributed by atoms with Crippen LogP contribution in [0.25, 0.3) is 0 Å². The highest BCUT2D eigenvalue weighted by Gasteiger charge is 2.67. The Bertz CT molecular complexity index is 1210. The SMILES string of the molecule is CC1C(C)C1(NC(=O)COc1ccccc1C(=O)O)C(=O)N1CC[C@](O)(c2ccc(Cl)cc2)C(C)(C)C1. The van der Waals surface area contributed by atoms with E-state index in [0.717, 1.165) is 5.56 Å². The minimum atomic E-state index is -1.15. The van der Waals surface area contributed by atoms with E-state index in [4.69, 9.17) is 16.3 Å². The fraction of sp³-hybridized carbons (Fsp3) is 0.464. The largest absolute Gasteiger partial charge is 0.483 e. The average molecular weight is 529 g/mol. The number of likely N-dealkylation sites (tertiary alicyclic amines) is 1. The van der Waals surface area contributed by atoms with E-state index in [2.05, 4.69) is 5.32 Å². The summed E-state index contributed by atoms with van der Waals surface area (Å²) in [5, 5.41) is 24.5. The zero-order valence-corrected chi connectivity index (χ0v) is 22.2. The quantitative estimate of drug-likeness (QED) is 0.504. The molecule has 1 saturated carbocycles. The van der Waals surface area contributed by atoms with Gasteiger partial charge in [0, 0.05) is 23.5 Å². The van der Waals surface area contributed by atoms with Crippen LogP contribution in [0.1, 0.15) is 50.0 Å². The molecule has 0 spiro atoms. The number of nitrogens with one attached hydrogen (secondary N) is 1. The molecule has 0 aromatic heterocycles. The fourth-order valence-corrected chi connectivity index (χ4v) is 5.77. The molecule has 2 fully saturated rings. The number of para-hydroxylation sites is 1. The van der Waals surface area contributed by atoms with Crippen LogP contribution in [0.2, 0.25) is 5.02 Å². The van der Waals surface area contributed by atoms with E-state index in [0.29, 0.717) is 24.5 Å². The normalized spacial score (nSPS) is 28.3. The van der Waals surface area contributed by atoms with Crippen LogP contribution in [0.4, 0.5) is 0 Å². The van der Waals surface area contributed by atoms with E-state index in [1.165, 1.54) is 12.1 Å². The van der Waals surface area contributed by atoms with E-state index in [1.807, 2.05) is 39.8 Å². The first-order valence-corrected chi connectivity index (χ1v) is 12.8. The molecule has 1 saturated heterocycles. The number of aromatic carboxylic acids is 1. The fourth-order valence-electron chi connectivity index (χ4n) is 5.64. The van der Waals surface area contributed by atoms with E-state index in [1.54, 1.807) is 29.2 Å². The van der Waals surface area contributed by atoms with Crippen molar-refractivity contribution in [2.24, 2.45) is 17.3 Å². The lowest BCUT2D eigenvalue weighted by atomic mass is 9.66. The van der Waals surface area contributed by atoms with Crippen LogP contribution in [-0.4, -0.2) is 58.1 Å². The second-order valence-electron chi connectivity index (χ2n) is 10.8. The second kappa shape index (κ2) is 9.65. The summed E-state index contributed by atoms with van der Waals surface area (Å²) in [6, 6.07) is 13.2. The minimum absolute atomic E-state index is 0.0435. The first kappa shape index (κ1) is 26.9. The Morgan fingerprint density at radius 2 is 1.70 bits per heavy atom. The van der Waals surface area contributed by atoms with Gasteiger partial charge in [-0.1, -0.05) is 63.6 Å². The summed E-state index contributed by atoms with van der Waals surface area (Å²) in [5.41, 5.74) is -2.16. The van der Waals surface area contributed by atoms with Gasteiger partial charge in [-0.2, -0.15) is 0 Å². The topological polar surface area (TPSA) is 116 Å². The number of hydrogen-bond donors (Lipinski definition) is 3. The van der Waals surface area contributed by atoms with Crippen LogP contribution in [0, 0.1) is 17.3 Å². The number of benzene rings is 2. The average Bonchev–Trinajstić information content (AvgIpc) is 3.38. The highest BCUT2D eigenvalue weighted by Crippen LogP contribution is 2.53. The number of carbonyl (C=O) groups excluding carboxylic acids is 2. The van der Waals surface area contributed by atoms with Crippen molar-refractivity contribution < 1.29 is 29.3 Å². The summed E-state index contributed by atoms with van der Waals surface area (Å²) < 4.78 is 5.49. The first-order chi connectivity index (χ1) is 17.3. The lowest BCUT2D eigenvalue weighted by Crippen LogP contribution is -2.61. The molecule has 37 heavy (non-hydrogen) atoms. The number of carboxylic acid groups (broad SMARTS) is 1. The van der Waals surface area contributed by atoms with Crippen LogP contribution in [-0.2, 0) is 15.2 Å². The van der Waals surface area contributed by atoms with Gasteiger partial charge in [0.2, 0.25) is 5.91 Å². The molecule has 0 bridgehead atoms. The summed E-state index contributed by atoms with van der Waals surface area (Å²) >= 11 is 6.03. The Kier molecular flexibility index (Phi) is 7.03. The molecule has 1 heterocycles. The summed E-state index contributed by atoms with van der Waals surface area (Å²) in [5.74, 6) is -1.93. The number of carboxylic acids is 1. The van der Waals surface area contributed by atoms with Gasteiger partial charge in [0.05, 0.1) is 5.60 Å². The molecule has 8 nitrogen and oxygen atoms in total. The molecule has 2 aromatic rings. The van der Waals surface area contributed by atoms with Crippen molar-refractivity contribution in [2.75, 3.05) is 19.7 Å². The Morgan fingerprint density at radius 1 is 1.08 bits per heavy atom. The number of amides is 2. The lowest BCUT2D eigenvalue weighted by molar-refractivity contribution is -0.157. The summed E-state index contributed by atoms with van der Waals surface area (Å²) in [6.45, 7) is 7.93. The molecular weight excluding hydrogens is 496 g/mol. The molecule has 1 aliphatic heterocycles. The third kappa shape index (κ3) is 4.68. The number of piperidine rings is 1. The van der Waals surface area contributed by atoms with Crippen molar-refractivity contribution >= 4 is 29.4 Å². The Hall–Kier alpha value is -3.10.